The molecule has 0 saturated carbocycles. The number of nitrogens with zero attached hydrogens (tertiary/aromatic N) is 1. The Bertz CT molecular complexity index is 505. The second kappa shape index (κ2) is 6.23. The Morgan fingerprint density at radius 1 is 1.22 bits per heavy atom. The summed E-state index contributed by atoms with van der Waals surface area (Å²) < 4.78 is 5.49. The first-order valence-electron chi connectivity index (χ1n) is 5.78. The number of aryl methyl sites for hydroxylation is 1. The van der Waals surface area contributed by atoms with Crippen molar-refractivity contribution < 1.29 is 4.42 Å². The van der Waals surface area contributed by atoms with Gasteiger partial charge in [0.05, 0.1) is 12.7 Å². The number of aromatic nitrogens is 1. The number of benzene rings is 1. The average molecular weight is 285 g/mol. The zero-order chi connectivity index (χ0) is 13.0. The van der Waals surface area contributed by atoms with Gasteiger partial charge < -0.3 is 9.73 Å². The van der Waals surface area contributed by atoms with Gasteiger partial charge in [0.25, 0.3) is 0 Å². The number of halogens is 2. The zero-order valence-electron chi connectivity index (χ0n) is 10.0. The van der Waals surface area contributed by atoms with Gasteiger partial charge in [-0.1, -0.05) is 36.2 Å². The van der Waals surface area contributed by atoms with Gasteiger partial charge >= 0.3 is 0 Å². The normalized spacial score (nSPS) is 10.8. The highest BCUT2D eigenvalue weighted by atomic mass is 35.5. The first-order chi connectivity index (χ1) is 8.70. The predicted molar refractivity (Wildman–Crippen MR) is 72.9 cm³/mol. The molecular weight excluding hydrogens is 271 g/mol. The van der Waals surface area contributed by atoms with E-state index >= 15 is 0 Å². The molecule has 0 radical (unpaired) electrons. The lowest BCUT2D eigenvalue weighted by Gasteiger charge is -2.07. The summed E-state index contributed by atoms with van der Waals surface area (Å²) in [4.78, 5) is 4.17. The maximum absolute atomic E-state index is 6.07. The highest BCUT2D eigenvalue weighted by Crippen LogP contribution is 2.23. The minimum absolute atomic E-state index is 0.557. The second-order valence-electron chi connectivity index (χ2n) is 3.88. The fourth-order valence-corrected chi connectivity index (χ4v) is 2.12. The highest BCUT2D eigenvalue weighted by molar-refractivity contribution is 6.35. The lowest BCUT2D eigenvalue weighted by molar-refractivity contribution is 0.439. The molecule has 0 unspecified atom stereocenters. The minimum Gasteiger partial charge on any atom is -0.444 e. The quantitative estimate of drug-likeness (QED) is 0.907. The van der Waals surface area contributed by atoms with Crippen molar-refractivity contribution in [2.75, 3.05) is 0 Å². The van der Waals surface area contributed by atoms with Gasteiger partial charge in [0.1, 0.15) is 5.76 Å². The molecule has 0 atom stereocenters. The number of nitrogens with one attached hydrogen (secondary N) is 1. The molecule has 96 valence electrons. The Labute approximate surface area is 116 Å². The van der Waals surface area contributed by atoms with Crippen molar-refractivity contribution in [3.05, 3.63) is 51.7 Å². The molecule has 1 heterocycles. The van der Waals surface area contributed by atoms with Gasteiger partial charge in [0, 0.05) is 28.6 Å². The van der Waals surface area contributed by atoms with E-state index in [1.165, 1.54) is 0 Å². The molecule has 0 spiro atoms. The van der Waals surface area contributed by atoms with Gasteiger partial charge in [0.2, 0.25) is 5.89 Å². The van der Waals surface area contributed by atoms with Gasteiger partial charge in [-0.05, 0) is 12.1 Å². The summed E-state index contributed by atoms with van der Waals surface area (Å²) in [5.74, 6) is 1.57. The third kappa shape index (κ3) is 3.25. The van der Waals surface area contributed by atoms with Crippen LogP contribution in [0.5, 0.6) is 0 Å². The minimum atomic E-state index is 0.557. The van der Waals surface area contributed by atoms with Crippen molar-refractivity contribution in [3.8, 4) is 0 Å². The molecule has 0 bridgehead atoms. The number of rotatable bonds is 5. The van der Waals surface area contributed by atoms with Crippen molar-refractivity contribution in [1.29, 1.82) is 0 Å². The van der Waals surface area contributed by atoms with Crippen LogP contribution in [0.3, 0.4) is 0 Å². The second-order valence-corrected chi connectivity index (χ2v) is 4.69. The molecule has 0 aliphatic carbocycles. The standard InChI is InChI=1S/C13H14Cl2N2O/c1-2-9-6-17-13(18-9)8-16-7-10-11(14)4-3-5-12(10)15/h3-6,16H,2,7-8H2,1H3. The Morgan fingerprint density at radius 3 is 2.56 bits per heavy atom. The smallest absolute Gasteiger partial charge is 0.208 e. The van der Waals surface area contributed by atoms with E-state index in [9.17, 15) is 0 Å². The van der Waals surface area contributed by atoms with Crippen molar-refractivity contribution >= 4 is 23.2 Å². The van der Waals surface area contributed by atoms with Crippen LogP contribution in [0.15, 0.2) is 28.8 Å². The van der Waals surface area contributed by atoms with E-state index < -0.39 is 0 Å². The van der Waals surface area contributed by atoms with Gasteiger partial charge in [-0.3, -0.25) is 0 Å². The van der Waals surface area contributed by atoms with Crippen LogP contribution >= 0.6 is 23.2 Å². The molecule has 3 nitrogen and oxygen atoms in total. The molecule has 18 heavy (non-hydrogen) atoms. The van der Waals surface area contributed by atoms with Gasteiger partial charge in [0.15, 0.2) is 0 Å². The molecule has 2 rings (SSSR count). The van der Waals surface area contributed by atoms with Crippen LogP contribution in [-0.2, 0) is 19.5 Å². The Hall–Kier alpha value is -1.03. The van der Waals surface area contributed by atoms with Gasteiger partial charge in [-0.2, -0.15) is 0 Å². The Kier molecular flexibility index (Phi) is 4.64. The molecular formula is C13H14Cl2N2O. The van der Waals surface area contributed by atoms with E-state index in [1.54, 1.807) is 6.20 Å². The van der Waals surface area contributed by atoms with Crippen LogP contribution in [0.4, 0.5) is 0 Å². The summed E-state index contributed by atoms with van der Waals surface area (Å²) in [5.41, 5.74) is 0.892. The largest absolute Gasteiger partial charge is 0.444 e. The Morgan fingerprint density at radius 2 is 1.94 bits per heavy atom. The van der Waals surface area contributed by atoms with E-state index in [-0.39, 0.29) is 0 Å². The van der Waals surface area contributed by atoms with E-state index in [4.69, 9.17) is 27.6 Å². The Balaban J connectivity index is 1.92. The fraction of sp³-hybridized carbons (Fsp3) is 0.308. The van der Waals surface area contributed by atoms with Crippen LogP contribution < -0.4 is 5.32 Å². The summed E-state index contributed by atoms with van der Waals surface area (Å²) in [7, 11) is 0. The molecule has 0 aliphatic heterocycles. The maximum atomic E-state index is 6.07. The number of oxazole rings is 1. The molecule has 0 saturated heterocycles. The van der Waals surface area contributed by atoms with E-state index in [0.29, 0.717) is 29.0 Å². The number of hydrogen-bond acceptors (Lipinski definition) is 3. The molecule has 1 N–H and O–H groups in total. The summed E-state index contributed by atoms with van der Waals surface area (Å²) in [6.45, 7) is 3.17. The summed E-state index contributed by atoms with van der Waals surface area (Å²) in [5, 5.41) is 4.54. The van der Waals surface area contributed by atoms with E-state index in [1.807, 2.05) is 25.1 Å². The van der Waals surface area contributed by atoms with Crippen molar-refractivity contribution in [3.63, 3.8) is 0 Å². The molecule has 0 aliphatic rings. The lowest BCUT2D eigenvalue weighted by Crippen LogP contribution is -2.13. The topological polar surface area (TPSA) is 38.1 Å². The molecule has 5 heteroatoms. The molecule has 0 fully saturated rings. The molecule has 0 amide bonds. The molecule has 1 aromatic heterocycles. The average Bonchev–Trinajstić information content (AvgIpc) is 2.81. The first kappa shape index (κ1) is 13.4. The third-order valence-corrected chi connectivity index (χ3v) is 3.30. The monoisotopic (exact) mass is 284 g/mol. The zero-order valence-corrected chi connectivity index (χ0v) is 11.6. The van der Waals surface area contributed by atoms with Crippen molar-refractivity contribution in [2.45, 2.75) is 26.4 Å². The van der Waals surface area contributed by atoms with Crippen LogP contribution in [0.1, 0.15) is 24.1 Å². The van der Waals surface area contributed by atoms with Crippen molar-refractivity contribution in [1.82, 2.24) is 10.3 Å². The van der Waals surface area contributed by atoms with Gasteiger partial charge in [-0.15, -0.1) is 0 Å². The molecule has 1 aromatic carbocycles. The SMILES string of the molecule is CCc1cnc(CNCc2c(Cl)cccc2Cl)o1. The first-order valence-corrected chi connectivity index (χ1v) is 6.53. The van der Waals surface area contributed by atoms with Crippen molar-refractivity contribution in [2.24, 2.45) is 0 Å². The van der Waals surface area contributed by atoms with E-state index in [0.717, 1.165) is 17.7 Å². The predicted octanol–water partition coefficient (Wildman–Crippen LogP) is 3.83. The maximum Gasteiger partial charge on any atom is 0.208 e. The molecule has 2 aromatic rings. The fourth-order valence-electron chi connectivity index (χ4n) is 1.59. The van der Waals surface area contributed by atoms with Crippen LogP contribution in [-0.4, -0.2) is 4.98 Å². The van der Waals surface area contributed by atoms with Gasteiger partial charge in [-0.25, -0.2) is 4.98 Å². The summed E-state index contributed by atoms with van der Waals surface area (Å²) in [6.07, 6.45) is 2.60. The van der Waals surface area contributed by atoms with E-state index in [2.05, 4.69) is 10.3 Å². The lowest BCUT2D eigenvalue weighted by atomic mass is 10.2. The highest BCUT2D eigenvalue weighted by Gasteiger charge is 2.06. The number of hydrogen-bond donors (Lipinski definition) is 1. The summed E-state index contributed by atoms with van der Waals surface area (Å²) in [6, 6.07) is 5.48. The van der Waals surface area contributed by atoms with Crippen LogP contribution in [0, 0.1) is 0 Å². The van der Waals surface area contributed by atoms with Crippen LogP contribution in [0.25, 0.3) is 0 Å². The third-order valence-electron chi connectivity index (χ3n) is 2.59. The van der Waals surface area contributed by atoms with Crippen LogP contribution in [0.2, 0.25) is 10.0 Å². The summed E-state index contributed by atoms with van der Waals surface area (Å²) >= 11 is 12.1.